The maximum atomic E-state index is 6.74. The molecule has 3 spiro atoms. The summed E-state index contributed by atoms with van der Waals surface area (Å²) in [5.41, 5.74) is 0.564. The van der Waals surface area contributed by atoms with Crippen LogP contribution in [0.25, 0.3) is 0 Å². The van der Waals surface area contributed by atoms with Gasteiger partial charge in [-0.05, 0) is 38.5 Å². The first kappa shape index (κ1) is 12.6. The summed E-state index contributed by atoms with van der Waals surface area (Å²) in [6, 6.07) is 0. The van der Waals surface area contributed by atoms with Gasteiger partial charge in [0.1, 0.15) is 0 Å². The van der Waals surface area contributed by atoms with Gasteiger partial charge >= 0.3 is 0 Å². The topological polar surface area (TPSA) is 18.5 Å². The van der Waals surface area contributed by atoms with E-state index in [1.54, 1.807) is 0 Å². The van der Waals surface area contributed by atoms with Gasteiger partial charge < -0.3 is 9.47 Å². The third-order valence-electron chi connectivity index (χ3n) is 6.28. The summed E-state index contributed by atoms with van der Waals surface area (Å²) in [7, 11) is 0. The van der Waals surface area contributed by atoms with E-state index in [-0.39, 0.29) is 16.8 Å². The number of hydrogen-bond donors (Lipinski definition) is 0. The summed E-state index contributed by atoms with van der Waals surface area (Å²) >= 11 is 0. The standard InChI is InChI=1S/C17H28O2/c1-3-7-15(8-4-1)11-12-17(19-15)13-16(18-14-17)9-5-2-6-10-16/h1-14H2. The van der Waals surface area contributed by atoms with Crippen LogP contribution in [0.4, 0.5) is 0 Å². The van der Waals surface area contributed by atoms with Crippen molar-refractivity contribution in [2.75, 3.05) is 6.61 Å². The average molecular weight is 264 g/mol. The van der Waals surface area contributed by atoms with Crippen molar-refractivity contribution >= 4 is 0 Å². The van der Waals surface area contributed by atoms with E-state index in [9.17, 15) is 0 Å². The SMILES string of the molecule is C1CCC2(CC1)CC1(CCC3(CCCCC3)O1)CO2. The van der Waals surface area contributed by atoms with Crippen molar-refractivity contribution in [3.8, 4) is 0 Å². The molecule has 0 bridgehead atoms. The van der Waals surface area contributed by atoms with E-state index < -0.39 is 0 Å². The molecular formula is C17H28O2. The van der Waals surface area contributed by atoms with Crippen LogP contribution in [0.2, 0.25) is 0 Å². The highest BCUT2D eigenvalue weighted by Crippen LogP contribution is 2.54. The van der Waals surface area contributed by atoms with Crippen LogP contribution in [0.5, 0.6) is 0 Å². The molecule has 0 N–H and O–H groups in total. The quantitative estimate of drug-likeness (QED) is 0.647. The Morgan fingerprint density at radius 3 is 1.79 bits per heavy atom. The normalized spacial score (nSPS) is 40.4. The fourth-order valence-corrected chi connectivity index (χ4v) is 5.28. The Bertz CT molecular complexity index is 303. The molecule has 19 heavy (non-hydrogen) atoms. The molecule has 0 aromatic heterocycles. The molecule has 2 heterocycles. The van der Waals surface area contributed by atoms with Crippen molar-refractivity contribution in [3.63, 3.8) is 0 Å². The van der Waals surface area contributed by atoms with Crippen LogP contribution in [0, 0.1) is 0 Å². The molecule has 2 heteroatoms. The second kappa shape index (κ2) is 4.46. The number of rotatable bonds is 0. The lowest BCUT2D eigenvalue weighted by atomic mass is 9.78. The van der Waals surface area contributed by atoms with E-state index in [4.69, 9.17) is 9.47 Å². The maximum absolute atomic E-state index is 6.74. The van der Waals surface area contributed by atoms with Crippen molar-refractivity contribution in [3.05, 3.63) is 0 Å². The Morgan fingerprint density at radius 2 is 1.11 bits per heavy atom. The predicted molar refractivity (Wildman–Crippen MR) is 75.3 cm³/mol. The summed E-state index contributed by atoms with van der Waals surface area (Å²) in [6.07, 6.45) is 17.2. The van der Waals surface area contributed by atoms with Gasteiger partial charge in [0, 0.05) is 6.42 Å². The highest BCUT2D eigenvalue weighted by Gasteiger charge is 2.57. The van der Waals surface area contributed by atoms with Crippen molar-refractivity contribution in [1.29, 1.82) is 0 Å². The molecule has 0 radical (unpaired) electrons. The van der Waals surface area contributed by atoms with Crippen LogP contribution >= 0.6 is 0 Å². The lowest BCUT2D eigenvalue weighted by Crippen LogP contribution is -2.39. The van der Waals surface area contributed by atoms with Gasteiger partial charge in [-0.15, -0.1) is 0 Å². The van der Waals surface area contributed by atoms with Crippen molar-refractivity contribution in [1.82, 2.24) is 0 Å². The molecule has 2 saturated carbocycles. The van der Waals surface area contributed by atoms with Crippen molar-refractivity contribution < 1.29 is 9.47 Å². The molecular weight excluding hydrogens is 236 g/mol. The van der Waals surface area contributed by atoms with Crippen molar-refractivity contribution in [2.24, 2.45) is 0 Å². The zero-order chi connectivity index (χ0) is 12.8. The van der Waals surface area contributed by atoms with E-state index in [0.717, 1.165) is 6.61 Å². The molecule has 4 rings (SSSR count). The highest BCUT2D eigenvalue weighted by molar-refractivity contribution is 5.07. The van der Waals surface area contributed by atoms with Crippen LogP contribution in [0.3, 0.4) is 0 Å². The van der Waals surface area contributed by atoms with Crippen LogP contribution in [-0.4, -0.2) is 23.4 Å². The van der Waals surface area contributed by atoms with Crippen LogP contribution < -0.4 is 0 Å². The monoisotopic (exact) mass is 264 g/mol. The molecule has 0 aromatic carbocycles. The van der Waals surface area contributed by atoms with Gasteiger partial charge in [0.15, 0.2) is 0 Å². The zero-order valence-electron chi connectivity index (χ0n) is 12.2. The summed E-state index contributed by atoms with van der Waals surface area (Å²) in [6.45, 7) is 0.884. The fraction of sp³-hybridized carbons (Fsp3) is 1.00. The Kier molecular flexibility index (Phi) is 2.97. The Hall–Kier alpha value is -0.0800. The van der Waals surface area contributed by atoms with Gasteiger partial charge in [-0.2, -0.15) is 0 Å². The fourth-order valence-electron chi connectivity index (χ4n) is 5.28. The largest absolute Gasteiger partial charge is 0.372 e. The molecule has 0 amide bonds. The van der Waals surface area contributed by atoms with Gasteiger partial charge in [-0.3, -0.25) is 0 Å². The molecule has 2 saturated heterocycles. The molecule has 2 nitrogen and oxygen atoms in total. The molecule has 0 aromatic rings. The maximum Gasteiger partial charge on any atom is 0.0951 e. The van der Waals surface area contributed by atoms with Gasteiger partial charge in [0.05, 0.1) is 23.4 Å². The average Bonchev–Trinajstić information content (AvgIpc) is 2.94. The second-order valence-electron chi connectivity index (χ2n) is 7.74. The summed E-state index contributed by atoms with van der Waals surface area (Å²) < 4.78 is 13.1. The van der Waals surface area contributed by atoms with Crippen LogP contribution in [0.1, 0.15) is 83.5 Å². The lowest BCUT2D eigenvalue weighted by molar-refractivity contribution is -0.119. The Labute approximate surface area is 117 Å². The minimum Gasteiger partial charge on any atom is -0.372 e. The second-order valence-corrected chi connectivity index (χ2v) is 7.74. The van der Waals surface area contributed by atoms with Gasteiger partial charge in [-0.25, -0.2) is 0 Å². The summed E-state index contributed by atoms with van der Waals surface area (Å²) in [5.74, 6) is 0. The van der Waals surface area contributed by atoms with E-state index in [1.807, 2.05) is 0 Å². The first-order valence-electron chi connectivity index (χ1n) is 8.58. The van der Waals surface area contributed by atoms with Gasteiger partial charge in [-0.1, -0.05) is 38.5 Å². The molecule has 1 atom stereocenters. The van der Waals surface area contributed by atoms with Crippen LogP contribution in [-0.2, 0) is 9.47 Å². The first-order chi connectivity index (χ1) is 9.24. The molecule has 1 unspecified atom stereocenters. The smallest absolute Gasteiger partial charge is 0.0951 e. The summed E-state index contributed by atoms with van der Waals surface area (Å²) in [4.78, 5) is 0. The minimum absolute atomic E-state index is 0.106. The van der Waals surface area contributed by atoms with Crippen LogP contribution in [0.15, 0.2) is 0 Å². The van der Waals surface area contributed by atoms with Crippen molar-refractivity contribution in [2.45, 2.75) is 100 Å². The third kappa shape index (κ3) is 2.15. The molecule has 2 aliphatic carbocycles. The van der Waals surface area contributed by atoms with E-state index in [0.29, 0.717) is 0 Å². The third-order valence-corrected chi connectivity index (χ3v) is 6.28. The highest BCUT2D eigenvalue weighted by atomic mass is 16.6. The van der Waals surface area contributed by atoms with Gasteiger partial charge in [0.25, 0.3) is 0 Å². The molecule has 4 fully saturated rings. The summed E-state index contributed by atoms with van der Waals surface area (Å²) in [5, 5.41) is 0. The van der Waals surface area contributed by atoms with E-state index >= 15 is 0 Å². The Morgan fingerprint density at radius 1 is 0.526 bits per heavy atom. The molecule has 2 aliphatic heterocycles. The van der Waals surface area contributed by atoms with Gasteiger partial charge in [0.2, 0.25) is 0 Å². The van der Waals surface area contributed by atoms with E-state index in [2.05, 4.69) is 0 Å². The number of hydrogen-bond acceptors (Lipinski definition) is 2. The van der Waals surface area contributed by atoms with E-state index in [1.165, 1.54) is 83.5 Å². The molecule has 108 valence electrons. The minimum atomic E-state index is 0.106. The molecule has 4 aliphatic rings. The number of ether oxygens (including phenoxy) is 2. The zero-order valence-corrected chi connectivity index (χ0v) is 12.2. The predicted octanol–water partition coefficient (Wildman–Crippen LogP) is 4.36. The lowest BCUT2D eigenvalue weighted by Gasteiger charge is -2.37. The first-order valence-corrected chi connectivity index (χ1v) is 8.58. The Balaban J connectivity index is 1.48.